The third kappa shape index (κ3) is 6.71. The molecule has 1 unspecified atom stereocenters. The molecule has 4 rings (SSSR count). The predicted octanol–water partition coefficient (Wildman–Crippen LogP) is 3.54. The lowest BCUT2D eigenvalue weighted by Gasteiger charge is -2.32. The molecule has 5 nitrogen and oxygen atoms in total. The zero-order valence-electron chi connectivity index (χ0n) is 18.4. The molecule has 168 valence electrons. The minimum absolute atomic E-state index is 0.0976. The number of benzene rings is 1. The van der Waals surface area contributed by atoms with Crippen LogP contribution in [0.4, 0.5) is 0 Å². The molecule has 1 N–H and O–H groups in total. The number of nitrogens with one attached hydrogen (secondary N) is 1. The normalized spacial score (nSPS) is 19.3. The van der Waals surface area contributed by atoms with Crippen LogP contribution < -0.4 is 5.32 Å². The summed E-state index contributed by atoms with van der Waals surface area (Å²) in [5.74, 6) is 6.63. The van der Waals surface area contributed by atoms with E-state index in [9.17, 15) is 4.79 Å². The molecular formula is C25H29N3O2S2. The fraction of sp³-hybridized carbons (Fsp3) is 0.400. The third-order valence-electron chi connectivity index (χ3n) is 5.48. The summed E-state index contributed by atoms with van der Waals surface area (Å²) in [5, 5.41) is 3.01. The molecule has 1 fully saturated rings. The first-order valence-corrected chi connectivity index (χ1v) is 12.6. The van der Waals surface area contributed by atoms with Gasteiger partial charge in [-0.15, -0.1) is 11.3 Å². The van der Waals surface area contributed by atoms with Gasteiger partial charge in [-0.2, -0.15) is 0 Å². The highest BCUT2D eigenvalue weighted by Crippen LogP contribution is 2.32. The Balaban J connectivity index is 1.44. The third-order valence-corrected chi connectivity index (χ3v) is 7.74. The standard InChI is InChI=1S/C25H29N3O2S2/c1-20-5-7-21(8-6-20)9-10-22-11-12-24(31-22)32-28(15-14-27-16-18-30-19-17-27)23-4-2-3-13-26-25(23)29/h2-3,5-8,11-12,23H,4,13-19H2,1H3,(H,26,29). The minimum atomic E-state index is -0.177. The quantitative estimate of drug-likeness (QED) is 0.400. The number of ether oxygens (including phenoxy) is 1. The van der Waals surface area contributed by atoms with Crippen molar-refractivity contribution in [3.05, 3.63) is 64.6 Å². The molecule has 0 aliphatic carbocycles. The van der Waals surface area contributed by atoms with Crippen LogP contribution in [0.1, 0.15) is 22.4 Å². The van der Waals surface area contributed by atoms with E-state index in [0.29, 0.717) is 6.54 Å². The maximum absolute atomic E-state index is 12.7. The van der Waals surface area contributed by atoms with E-state index in [4.69, 9.17) is 4.74 Å². The molecule has 1 atom stereocenters. The first kappa shape index (κ1) is 23.1. The second-order valence-corrected chi connectivity index (χ2v) is 10.3. The van der Waals surface area contributed by atoms with Crippen LogP contribution in [0.25, 0.3) is 0 Å². The van der Waals surface area contributed by atoms with Crippen LogP contribution in [-0.4, -0.2) is 67.1 Å². The lowest BCUT2D eigenvalue weighted by atomic mass is 10.1. The molecule has 32 heavy (non-hydrogen) atoms. The Kier molecular flexibility index (Phi) is 8.43. The van der Waals surface area contributed by atoms with Gasteiger partial charge in [0.05, 0.1) is 22.3 Å². The summed E-state index contributed by atoms with van der Waals surface area (Å²) in [5.41, 5.74) is 2.26. The van der Waals surface area contributed by atoms with Crippen LogP contribution in [0, 0.1) is 18.8 Å². The average molecular weight is 468 g/mol. The van der Waals surface area contributed by atoms with Crippen molar-refractivity contribution in [1.29, 1.82) is 0 Å². The lowest BCUT2D eigenvalue weighted by molar-refractivity contribution is -0.124. The lowest BCUT2D eigenvalue weighted by Crippen LogP contribution is -2.46. The smallest absolute Gasteiger partial charge is 0.238 e. The summed E-state index contributed by atoms with van der Waals surface area (Å²) < 4.78 is 8.86. The van der Waals surface area contributed by atoms with Gasteiger partial charge in [-0.3, -0.25) is 9.69 Å². The van der Waals surface area contributed by atoms with Crippen LogP contribution >= 0.6 is 23.3 Å². The number of hydrogen-bond acceptors (Lipinski definition) is 6. The van der Waals surface area contributed by atoms with Crippen LogP contribution in [-0.2, 0) is 9.53 Å². The highest BCUT2D eigenvalue weighted by atomic mass is 32.2. The summed E-state index contributed by atoms with van der Waals surface area (Å²) in [6.45, 7) is 7.90. The number of carbonyl (C=O) groups is 1. The maximum atomic E-state index is 12.7. The van der Waals surface area contributed by atoms with Crippen molar-refractivity contribution in [3.8, 4) is 11.8 Å². The number of rotatable bonds is 6. The van der Waals surface area contributed by atoms with Crippen molar-refractivity contribution in [2.24, 2.45) is 0 Å². The van der Waals surface area contributed by atoms with E-state index in [1.165, 1.54) is 5.56 Å². The molecule has 1 amide bonds. The van der Waals surface area contributed by atoms with Gasteiger partial charge in [-0.1, -0.05) is 41.7 Å². The first-order chi connectivity index (χ1) is 15.7. The van der Waals surface area contributed by atoms with E-state index in [0.717, 1.165) is 60.5 Å². The minimum Gasteiger partial charge on any atom is -0.379 e. The van der Waals surface area contributed by atoms with Gasteiger partial charge < -0.3 is 10.1 Å². The van der Waals surface area contributed by atoms with Gasteiger partial charge in [0, 0.05) is 38.3 Å². The molecule has 0 radical (unpaired) electrons. The topological polar surface area (TPSA) is 44.8 Å². The van der Waals surface area contributed by atoms with Crippen molar-refractivity contribution in [3.63, 3.8) is 0 Å². The molecule has 0 bridgehead atoms. The zero-order valence-corrected chi connectivity index (χ0v) is 20.0. The summed E-state index contributed by atoms with van der Waals surface area (Å²) in [6, 6.07) is 12.3. The van der Waals surface area contributed by atoms with E-state index in [-0.39, 0.29) is 11.9 Å². The summed E-state index contributed by atoms with van der Waals surface area (Å²) in [4.78, 5) is 16.2. The number of amides is 1. The maximum Gasteiger partial charge on any atom is 0.238 e. The summed E-state index contributed by atoms with van der Waals surface area (Å²) in [6.07, 6.45) is 4.87. The van der Waals surface area contributed by atoms with Crippen molar-refractivity contribution >= 4 is 29.2 Å². The Labute approximate surface area is 199 Å². The highest BCUT2D eigenvalue weighted by Gasteiger charge is 2.28. The number of hydrogen-bond donors (Lipinski definition) is 1. The van der Waals surface area contributed by atoms with Gasteiger partial charge in [-0.25, -0.2) is 4.31 Å². The SMILES string of the molecule is Cc1ccc(C#Cc2ccc(SN(CCN3CCOCC3)C3CC=CCNC3=O)s2)cc1. The molecular weight excluding hydrogens is 438 g/mol. The molecule has 1 saturated heterocycles. The van der Waals surface area contributed by atoms with Gasteiger partial charge in [0.2, 0.25) is 5.91 Å². The second kappa shape index (κ2) is 11.7. The van der Waals surface area contributed by atoms with Gasteiger partial charge in [0.15, 0.2) is 0 Å². The molecule has 0 saturated carbocycles. The predicted molar refractivity (Wildman–Crippen MR) is 132 cm³/mol. The molecule has 0 spiro atoms. The molecule has 2 aliphatic heterocycles. The molecule has 3 heterocycles. The van der Waals surface area contributed by atoms with Gasteiger partial charge in [0.1, 0.15) is 6.04 Å². The molecule has 1 aromatic heterocycles. The van der Waals surface area contributed by atoms with Crippen molar-refractivity contribution in [2.45, 2.75) is 23.6 Å². The van der Waals surface area contributed by atoms with E-state index in [2.05, 4.69) is 75.8 Å². The van der Waals surface area contributed by atoms with Crippen LogP contribution in [0.2, 0.25) is 0 Å². The summed E-state index contributed by atoms with van der Waals surface area (Å²) in [7, 11) is 0. The Morgan fingerprint density at radius 1 is 1.16 bits per heavy atom. The second-order valence-electron chi connectivity index (χ2n) is 7.89. The van der Waals surface area contributed by atoms with Gasteiger partial charge in [0.25, 0.3) is 0 Å². The number of morpholine rings is 1. The van der Waals surface area contributed by atoms with E-state index in [1.807, 2.05) is 6.08 Å². The highest BCUT2D eigenvalue weighted by molar-refractivity contribution is 7.99. The fourth-order valence-electron chi connectivity index (χ4n) is 3.59. The van der Waals surface area contributed by atoms with Crippen LogP contribution in [0.15, 0.2) is 52.8 Å². The van der Waals surface area contributed by atoms with Crippen LogP contribution in [0.3, 0.4) is 0 Å². The average Bonchev–Trinajstić information content (AvgIpc) is 3.15. The van der Waals surface area contributed by atoms with Crippen molar-refractivity contribution in [1.82, 2.24) is 14.5 Å². The largest absolute Gasteiger partial charge is 0.379 e. The van der Waals surface area contributed by atoms with Gasteiger partial charge in [-0.05, 0) is 49.6 Å². The Morgan fingerprint density at radius 2 is 1.97 bits per heavy atom. The van der Waals surface area contributed by atoms with Crippen molar-refractivity contribution < 1.29 is 9.53 Å². The Bertz CT molecular complexity index is 985. The van der Waals surface area contributed by atoms with Crippen molar-refractivity contribution in [2.75, 3.05) is 45.9 Å². The molecule has 7 heteroatoms. The monoisotopic (exact) mass is 467 g/mol. The van der Waals surface area contributed by atoms with E-state index in [1.54, 1.807) is 23.3 Å². The zero-order chi connectivity index (χ0) is 22.2. The number of aryl methyl sites for hydroxylation is 1. The summed E-state index contributed by atoms with van der Waals surface area (Å²) >= 11 is 3.35. The Morgan fingerprint density at radius 3 is 2.78 bits per heavy atom. The fourth-order valence-corrected chi connectivity index (χ4v) is 5.73. The molecule has 2 aromatic rings. The van der Waals surface area contributed by atoms with E-state index >= 15 is 0 Å². The van der Waals surface area contributed by atoms with Gasteiger partial charge >= 0.3 is 0 Å². The molecule has 1 aromatic carbocycles. The Hall–Kier alpha value is -2.08. The molecule has 2 aliphatic rings. The first-order valence-electron chi connectivity index (χ1n) is 11.0. The van der Waals surface area contributed by atoms with Crippen LogP contribution in [0.5, 0.6) is 0 Å². The van der Waals surface area contributed by atoms with E-state index < -0.39 is 0 Å². The number of nitrogens with zero attached hydrogens (tertiary/aromatic N) is 2. The number of thiophene rings is 1. The number of carbonyl (C=O) groups excluding carboxylic acids is 1.